The summed E-state index contributed by atoms with van der Waals surface area (Å²) < 4.78 is 0. The Hall–Kier alpha value is -3.91. The summed E-state index contributed by atoms with van der Waals surface area (Å²) in [6, 6.07) is 32.2. The third-order valence-corrected chi connectivity index (χ3v) is 5.16. The molecule has 29 heavy (non-hydrogen) atoms. The number of para-hydroxylation sites is 1. The van der Waals surface area contributed by atoms with Gasteiger partial charge < -0.3 is 5.11 Å². The standard InChI is InChI=1S/C27H19NO/c29-26-13-7-6-12-23(26)25-18-21(15-14-19-8-2-1-3-9-19)27-22-11-5-4-10-20(22)16-17-24(27)28-25/h1-18,29H/b15-14+. The maximum atomic E-state index is 10.3. The first-order valence-electron chi connectivity index (χ1n) is 9.63. The van der Waals surface area contributed by atoms with Gasteiger partial charge in [-0.15, -0.1) is 0 Å². The van der Waals surface area contributed by atoms with E-state index in [1.807, 2.05) is 36.4 Å². The molecule has 5 aromatic rings. The fourth-order valence-corrected chi connectivity index (χ4v) is 3.75. The van der Waals surface area contributed by atoms with Crippen LogP contribution in [-0.2, 0) is 0 Å². The summed E-state index contributed by atoms with van der Waals surface area (Å²) in [7, 11) is 0. The summed E-state index contributed by atoms with van der Waals surface area (Å²) in [6.07, 6.45) is 4.25. The lowest BCUT2D eigenvalue weighted by Gasteiger charge is -2.11. The lowest BCUT2D eigenvalue weighted by Crippen LogP contribution is -1.91. The van der Waals surface area contributed by atoms with Crippen LogP contribution < -0.4 is 0 Å². The molecule has 0 spiro atoms. The highest BCUT2D eigenvalue weighted by Gasteiger charge is 2.11. The molecule has 0 aliphatic carbocycles. The van der Waals surface area contributed by atoms with Gasteiger partial charge in [-0.25, -0.2) is 4.98 Å². The topological polar surface area (TPSA) is 33.1 Å². The first kappa shape index (κ1) is 17.2. The van der Waals surface area contributed by atoms with Crippen molar-refractivity contribution in [2.45, 2.75) is 0 Å². The number of hydrogen-bond donors (Lipinski definition) is 1. The number of fused-ring (bicyclic) bond motifs is 3. The smallest absolute Gasteiger partial charge is 0.124 e. The number of pyridine rings is 1. The average Bonchev–Trinajstić information content (AvgIpc) is 2.78. The predicted molar refractivity (Wildman–Crippen MR) is 122 cm³/mol. The molecule has 0 fully saturated rings. The van der Waals surface area contributed by atoms with Crippen LogP contribution >= 0.6 is 0 Å². The van der Waals surface area contributed by atoms with E-state index in [2.05, 4.69) is 66.7 Å². The second-order valence-electron chi connectivity index (χ2n) is 7.04. The van der Waals surface area contributed by atoms with Crippen molar-refractivity contribution in [3.8, 4) is 17.0 Å². The third-order valence-electron chi connectivity index (χ3n) is 5.16. The zero-order chi connectivity index (χ0) is 19.6. The monoisotopic (exact) mass is 373 g/mol. The molecule has 1 heterocycles. The van der Waals surface area contributed by atoms with Crippen molar-refractivity contribution < 1.29 is 5.11 Å². The number of aromatic hydroxyl groups is 1. The highest BCUT2D eigenvalue weighted by Crippen LogP contribution is 2.34. The van der Waals surface area contributed by atoms with E-state index in [0.29, 0.717) is 0 Å². The number of rotatable bonds is 3. The van der Waals surface area contributed by atoms with Gasteiger partial charge in [0.2, 0.25) is 0 Å². The van der Waals surface area contributed by atoms with Crippen molar-refractivity contribution in [1.29, 1.82) is 0 Å². The maximum Gasteiger partial charge on any atom is 0.124 e. The molecule has 0 saturated heterocycles. The Bertz CT molecular complexity index is 1350. The van der Waals surface area contributed by atoms with Crippen LogP contribution in [0.5, 0.6) is 5.75 Å². The van der Waals surface area contributed by atoms with E-state index in [1.165, 1.54) is 10.8 Å². The van der Waals surface area contributed by atoms with Crippen LogP contribution in [0.3, 0.4) is 0 Å². The molecule has 0 aliphatic rings. The van der Waals surface area contributed by atoms with Crippen molar-refractivity contribution in [2.24, 2.45) is 0 Å². The number of hydrogen-bond acceptors (Lipinski definition) is 2. The highest BCUT2D eigenvalue weighted by atomic mass is 16.3. The Kier molecular flexibility index (Phi) is 4.30. The van der Waals surface area contributed by atoms with Gasteiger partial charge in [-0.05, 0) is 46.2 Å². The van der Waals surface area contributed by atoms with Crippen LogP contribution in [0.1, 0.15) is 11.1 Å². The van der Waals surface area contributed by atoms with Gasteiger partial charge in [-0.1, -0.05) is 84.9 Å². The molecule has 138 valence electrons. The molecule has 0 unspecified atom stereocenters. The van der Waals surface area contributed by atoms with E-state index in [9.17, 15) is 5.11 Å². The first-order chi connectivity index (χ1) is 14.3. The van der Waals surface area contributed by atoms with Crippen molar-refractivity contribution in [3.05, 3.63) is 108 Å². The second-order valence-corrected chi connectivity index (χ2v) is 7.04. The van der Waals surface area contributed by atoms with Crippen LogP contribution in [-0.4, -0.2) is 10.1 Å². The summed E-state index contributed by atoms with van der Waals surface area (Å²) in [4.78, 5) is 4.88. The molecule has 0 saturated carbocycles. The normalized spacial score (nSPS) is 11.4. The molecule has 5 rings (SSSR count). The van der Waals surface area contributed by atoms with E-state index in [1.54, 1.807) is 6.07 Å². The van der Waals surface area contributed by atoms with Crippen molar-refractivity contribution in [1.82, 2.24) is 4.98 Å². The van der Waals surface area contributed by atoms with Gasteiger partial charge in [-0.2, -0.15) is 0 Å². The Morgan fingerprint density at radius 1 is 0.690 bits per heavy atom. The molecule has 4 aromatic carbocycles. The molecule has 0 aliphatic heterocycles. The SMILES string of the molecule is Oc1ccccc1-c1cc(/C=C/c2ccccc2)c2c(ccc3ccccc32)n1. The molecule has 2 heteroatoms. The fourth-order valence-electron chi connectivity index (χ4n) is 3.75. The minimum atomic E-state index is 0.234. The Labute approximate surface area is 169 Å². The van der Waals surface area contributed by atoms with Crippen molar-refractivity contribution >= 4 is 33.8 Å². The van der Waals surface area contributed by atoms with Crippen LogP contribution in [0.4, 0.5) is 0 Å². The van der Waals surface area contributed by atoms with E-state index in [4.69, 9.17) is 4.98 Å². The molecule has 0 amide bonds. The van der Waals surface area contributed by atoms with Gasteiger partial charge in [-0.3, -0.25) is 0 Å². The van der Waals surface area contributed by atoms with E-state index in [-0.39, 0.29) is 5.75 Å². The number of phenols is 1. The molecular formula is C27H19NO. The lowest BCUT2D eigenvalue weighted by atomic mass is 9.98. The Morgan fingerprint density at radius 2 is 1.45 bits per heavy atom. The summed E-state index contributed by atoms with van der Waals surface area (Å²) in [6.45, 7) is 0. The number of benzene rings is 4. The minimum absolute atomic E-state index is 0.234. The first-order valence-corrected chi connectivity index (χ1v) is 9.63. The van der Waals surface area contributed by atoms with Gasteiger partial charge in [0.1, 0.15) is 5.75 Å². The third kappa shape index (κ3) is 3.26. The number of phenolic OH excluding ortho intramolecular Hbond substituents is 1. The molecular weight excluding hydrogens is 354 g/mol. The molecule has 1 aromatic heterocycles. The predicted octanol–water partition coefficient (Wildman–Crippen LogP) is 6.93. The van der Waals surface area contributed by atoms with Gasteiger partial charge in [0.05, 0.1) is 11.2 Å². The van der Waals surface area contributed by atoms with Crippen LogP contribution in [0, 0.1) is 0 Å². The van der Waals surface area contributed by atoms with Gasteiger partial charge in [0.25, 0.3) is 0 Å². The molecule has 1 N–H and O–H groups in total. The minimum Gasteiger partial charge on any atom is -0.507 e. The van der Waals surface area contributed by atoms with Crippen molar-refractivity contribution in [3.63, 3.8) is 0 Å². The van der Waals surface area contributed by atoms with Gasteiger partial charge in [0, 0.05) is 10.9 Å². The van der Waals surface area contributed by atoms with Crippen LogP contribution in [0.2, 0.25) is 0 Å². The average molecular weight is 373 g/mol. The summed E-state index contributed by atoms with van der Waals surface area (Å²) in [5.74, 6) is 0.234. The van der Waals surface area contributed by atoms with Gasteiger partial charge in [0.15, 0.2) is 0 Å². The Balaban J connectivity index is 1.79. The van der Waals surface area contributed by atoms with Crippen LogP contribution in [0.15, 0.2) is 97.1 Å². The lowest BCUT2D eigenvalue weighted by molar-refractivity contribution is 0.477. The maximum absolute atomic E-state index is 10.3. The Morgan fingerprint density at radius 3 is 2.31 bits per heavy atom. The molecule has 0 bridgehead atoms. The summed E-state index contributed by atoms with van der Waals surface area (Å²) in [5, 5.41) is 13.8. The zero-order valence-corrected chi connectivity index (χ0v) is 15.8. The van der Waals surface area contributed by atoms with Gasteiger partial charge >= 0.3 is 0 Å². The van der Waals surface area contributed by atoms with Crippen LogP contribution in [0.25, 0.3) is 45.1 Å². The largest absolute Gasteiger partial charge is 0.507 e. The van der Waals surface area contributed by atoms with E-state index >= 15 is 0 Å². The molecule has 2 nitrogen and oxygen atoms in total. The quantitative estimate of drug-likeness (QED) is 0.348. The van der Waals surface area contributed by atoms with E-state index < -0.39 is 0 Å². The summed E-state index contributed by atoms with van der Waals surface area (Å²) >= 11 is 0. The number of aromatic nitrogens is 1. The number of nitrogens with zero attached hydrogens (tertiary/aromatic N) is 1. The molecule has 0 atom stereocenters. The van der Waals surface area contributed by atoms with Crippen molar-refractivity contribution in [2.75, 3.05) is 0 Å². The summed E-state index contributed by atoms with van der Waals surface area (Å²) in [5.41, 5.74) is 4.63. The molecule has 0 radical (unpaired) electrons. The zero-order valence-electron chi connectivity index (χ0n) is 15.8. The fraction of sp³-hybridized carbons (Fsp3) is 0. The highest BCUT2D eigenvalue weighted by molar-refractivity contribution is 6.11. The van der Waals surface area contributed by atoms with E-state index in [0.717, 1.165) is 33.3 Å². The second kappa shape index (κ2) is 7.25.